The number of carbonyl (C=O) groups excluding carboxylic acids is 1. The summed E-state index contributed by atoms with van der Waals surface area (Å²) in [5, 5.41) is 13.6. The standard InChI is InChI=1S/C22H27N2O7P/c1-16(2)14-21(22(25)29-15-17-8-9-17)23-32(28,30-19-6-4-3-5-7-19)31-20-12-10-18(11-13-20)24(26)27/h3-7,10-13,16-17,21H,8-9,14-15H2,1-2H3,(H,23,28). The molecule has 2 aromatic carbocycles. The van der Waals surface area contributed by atoms with Crippen LogP contribution in [0.5, 0.6) is 11.5 Å². The molecule has 0 spiro atoms. The minimum atomic E-state index is -4.12. The molecule has 1 aliphatic carbocycles. The lowest BCUT2D eigenvalue weighted by Crippen LogP contribution is -2.39. The van der Waals surface area contributed by atoms with Gasteiger partial charge in [-0.1, -0.05) is 32.0 Å². The highest BCUT2D eigenvalue weighted by Crippen LogP contribution is 2.46. The number of nitro benzene ring substituents is 1. The number of benzene rings is 2. The second-order valence-electron chi connectivity index (χ2n) is 8.13. The first-order valence-electron chi connectivity index (χ1n) is 10.5. The predicted molar refractivity (Wildman–Crippen MR) is 118 cm³/mol. The largest absolute Gasteiger partial charge is 0.513 e. The fourth-order valence-corrected chi connectivity index (χ4v) is 4.44. The van der Waals surface area contributed by atoms with Crippen molar-refractivity contribution in [2.45, 2.75) is 39.2 Å². The second-order valence-corrected chi connectivity index (χ2v) is 9.75. The second kappa shape index (κ2) is 10.6. The van der Waals surface area contributed by atoms with Crippen LogP contribution in [0.25, 0.3) is 0 Å². The van der Waals surface area contributed by atoms with E-state index in [1.54, 1.807) is 30.3 Å². The number of hydrogen-bond donors (Lipinski definition) is 1. The van der Waals surface area contributed by atoms with E-state index >= 15 is 0 Å². The Morgan fingerprint density at radius 3 is 2.22 bits per heavy atom. The van der Waals surface area contributed by atoms with Gasteiger partial charge in [-0.05, 0) is 55.4 Å². The Labute approximate surface area is 186 Å². The van der Waals surface area contributed by atoms with Crippen LogP contribution in [-0.2, 0) is 14.1 Å². The summed E-state index contributed by atoms with van der Waals surface area (Å²) in [4.78, 5) is 23.1. The van der Waals surface area contributed by atoms with E-state index in [0.29, 0.717) is 18.9 Å². The molecule has 0 aliphatic heterocycles. The number of hydrogen-bond acceptors (Lipinski definition) is 7. The molecule has 2 unspecified atom stereocenters. The normalized spacial score (nSPS) is 16.1. The van der Waals surface area contributed by atoms with Crippen molar-refractivity contribution in [2.75, 3.05) is 6.61 Å². The van der Waals surface area contributed by atoms with Crippen molar-refractivity contribution in [1.82, 2.24) is 5.09 Å². The number of rotatable bonds is 12. The van der Waals surface area contributed by atoms with Gasteiger partial charge in [-0.3, -0.25) is 14.9 Å². The smallest absolute Gasteiger partial charge is 0.464 e. The fraction of sp³-hybridized carbons (Fsp3) is 0.409. The van der Waals surface area contributed by atoms with E-state index < -0.39 is 24.7 Å². The van der Waals surface area contributed by atoms with Crippen LogP contribution in [0.1, 0.15) is 33.1 Å². The molecule has 0 bridgehead atoms. The number of non-ortho nitro benzene ring substituents is 1. The SMILES string of the molecule is CC(C)CC(NP(=O)(Oc1ccccc1)Oc1ccc([N+](=O)[O-])cc1)C(=O)OCC1CC1. The van der Waals surface area contributed by atoms with E-state index in [0.717, 1.165) is 12.8 Å². The van der Waals surface area contributed by atoms with Crippen molar-refractivity contribution in [3.8, 4) is 11.5 Å². The number of carbonyl (C=O) groups is 1. The zero-order chi connectivity index (χ0) is 23.1. The average molecular weight is 462 g/mol. The van der Waals surface area contributed by atoms with Gasteiger partial charge in [-0.2, -0.15) is 5.09 Å². The zero-order valence-corrected chi connectivity index (χ0v) is 18.9. The summed E-state index contributed by atoms with van der Waals surface area (Å²) < 4.78 is 30.4. The molecule has 1 saturated carbocycles. The Hall–Kier alpha value is -2.90. The zero-order valence-electron chi connectivity index (χ0n) is 18.0. The molecule has 1 aliphatic rings. The van der Waals surface area contributed by atoms with Gasteiger partial charge < -0.3 is 13.8 Å². The van der Waals surface area contributed by atoms with Gasteiger partial charge in [0.1, 0.15) is 17.5 Å². The Morgan fingerprint density at radius 2 is 1.69 bits per heavy atom. The Kier molecular flexibility index (Phi) is 7.88. The molecule has 1 fully saturated rings. The molecule has 3 rings (SSSR count). The number of ether oxygens (including phenoxy) is 1. The van der Waals surface area contributed by atoms with Crippen LogP contribution < -0.4 is 14.1 Å². The first kappa shape index (κ1) is 23.8. The molecule has 9 nitrogen and oxygen atoms in total. The van der Waals surface area contributed by atoms with Gasteiger partial charge in [0.2, 0.25) is 0 Å². The summed E-state index contributed by atoms with van der Waals surface area (Å²) in [6, 6.07) is 12.6. The van der Waals surface area contributed by atoms with E-state index in [9.17, 15) is 19.5 Å². The highest BCUT2D eigenvalue weighted by molar-refractivity contribution is 7.52. The monoisotopic (exact) mass is 462 g/mol. The first-order valence-corrected chi connectivity index (χ1v) is 12.0. The molecule has 0 heterocycles. The van der Waals surface area contributed by atoms with E-state index in [1.165, 1.54) is 24.3 Å². The molecule has 1 N–H and O–H groups in total. The average Bonchev–Trinajstić information content (AvgIpc) is 3.56. The van der Waals surface area contributed by atoms with E-state index in [1.807, 2.05) is 13.8 Å². The quantitative estimate of drug-likeness (QED) is 0.200. The van der Waals surface area contributed by atoms with Crippen LogP contribution in [0.3, 0.4) is 0 Å². The number of nitro groups is 1. The summed E-state index contributed by atoms with van der Waals surface area (Å²) in [7, 11) is -4.12. The molecule has 0 saturated heterocycles. The van der Waals surface area contributed by atoms with E-state index in [-0.39, 0.29) is 23.1 Å². The summed E-state index contributed by atoms with van der Waals surface area (Å²) >= 11 is 0. The fourth-order valence-electron chi connectivity index (χ4n) is 2.91. The van der Waals surface area contributed by atoms with Crippen molar-refractivity contribution in [2.24, 2.45) is 11.8 Å². The number of nitrogens with zero attached hydrogens (tertiary/aromatic N) is 1. The molecule has 172 valence electrons. The maximum atomic E-state index is 13.7. The third kappa shape index (κ3) is 7.35. The molecule has 2 atom stereocenters. The number of esters is 1. The molecular weight excluding hydrogens is 435 g/mol. The summed E-state index contributed by atoms with van der Waals surface area (Å²) in [5.41, 5.74) is -0.134. The van der Waals surface area contributed by atoms with Gasteiger partial charge in [0, 0.05) is 12.1 Å². The lowest BCUT2D eigenvalue weighted by molar-refractivity contribution is -0.384. The van der Waals surface area contributed by atoms with Crippen LogP contribution in [-0.4, -0.2) is 23.5 Å². The maximum absolute atomic E-state index is 13.7. The Bertz CT molecular complexity index is 962. The van der Waals surface area contributed by atoms with Gasteiger partial charge >= 0.3 is 13.7 Å². The number of para-hydroxylation sites is 1. The lowest BCUT2D eigenvalue weighted by Gasteiger charge is -2.25. The Morgan fingerprint density at radius 1 is 1.09 bits per heavy atom. The van der Waals surface area contributed by atoms with Crippen molar-refractivity contribution in [3.05, 3.63) is 64.7 Å². The topological polar surface area (TPSA) is 117 Å². The molecule has 2 aromatic rings. The van der Waals surface area contributed by atoms with Gasteiger partial charge in [-0.15, -0.1) is 0 Å². The summed E-state index contributed by atoms with van der Waals surface area (Å²) in [6.45, 7) is 4.20. The van der Waals surface area contributed by atoms with Crippen molar-refractivity contribution in [3.63, 3.8) is 0 Å². The van der Waals surface area contributed by atoms with E-state index in [4.69, 9.17) is 13.8 Å². The van der Waals surface area contributed by atoms with Crippen molar-refractivity contribution >= 4 is 19.4 Å². The van der Waals surface area contributed by atoms with Gasteiger partial charge in [0.15, 0.2) is 0 Å². The minimum absolute atomic E-state index is 0.0945. The summed E-state index contributed by atoms with van der Waals surface area (Å²) in [6.07, 6.45) is 2.43. The van der Waals surface area contributed by atoms with Crippen molar-refractivity contribution < 1.29 is 28.1 Å². The molecule has 0 radical (unpaired) electrons. The van der Waals surface area contributed by atoms with Crippen LogP contribution in [0.15, 0.2) is 54.6 Å². The van der Waals surface area contributed by atoms with Crippen LogP contribution in [0, 0.1) is 22.0 Å². The number of nitrogens with one attached hydrogen (secondary N) is 1. The maximum Gasteiger partial charge on any atom is 0.513 e. The summed E-state index contributed by atoms with van der Waals surface area (Å²) in [5.74, 6) is 0.347. The van der Waals surface area contributed by atoms with Crippen LogP contribution in [0.2, 0.25) is 0 Å². The van der Waals surface area contributed by atoms with Crippen molar-refractivity contribution in [1.29, 1.82) is 0 Å². The molecular formula is C22H27N2O7P. The Balaban J connectivity index is 1.82. The molecule has 10 heteroatoms. The van der Waals surface area contributed by atoms with Gasteiger partial charge in [0.05, 0.1) is 11.5 Å². The third-order valence-corrected chi connectivity index (χ3v) is 6.24. The molecule has 0 aromatic heterocycles. The van der Waals surface area contributed by atoms with Gasteiger partial charge in [-0.25, -0.2) is 4.57 Å². The molecule has 32 heavy (non-hydrogen) atoms. The highest BCUT2D eigenvalue weighted by Gasteiger charge is 2.37. The van der Waals surface area contributed by atoms with Crippen LogP contribution in [0.4, 0.5) is 5.69 Å². The molecule has 0 amide bonds. The minimum Gasteiger partial charge on any atom is -0.464 e. The third-order valence-electron chi connectivity index (χ3n) is 4.71. The lowest BCUT2D eigenvalue weighted by atomic mass is 10.1. The van der Waals surface area contributed by atoms with Gasteiger partial charge in [0.25, 0.3) is 5.69 Å². The van der Waals surface area contributed by atoms with Crippen LogP contribution >= 0.6 is 7.75 Å². The highest BCUT2D eigenvalue weighted by atomic mass is 31.2. The first-order chi connectivity index (χ1) is 15.2. The predicted octanol–water partition coefficient (Wildman–Crippen LogP) is 5.12. The van der Waals surface area contributed by atoms with E-state index in [2.05, 4.69) is 5.09 Å².